The number of nitrogens with zero attached hydrogens (tertiary/aromatic N) is 2. The predicted octanol–water partition coefficient (Wildman–Crippen LogP) is 3.97. The number of para-hydroxylation sites is 2. The van der Waals surface area contributed by atoms with Gasteiger partial charge >= 0.3 is 0 Å². The van der Waals surface area contributed by atoms with Gasteiger partial charge in [-0.15, -0.1) is 0 Å². The molecule has 160 valence electrons. The van der Waals surface area contributed by atoms with Gasteiger partial charge in [0.25, 0.3) is 5.91 Å². The zero-order chi connectivity index (χ0) is 21.7. The molecule has 0 aromatic heterocycles. The summed E-state index contributed by atoms with van der Waals surface area (Å²) in [6, 6.07) is 13.0. The number of aryl methyl sites for hydroxylation is 1. The number of anilines is 2. The van der Waals surface area contributed by atoms with Crippen LogP contribution in [0.15, 0.2) is 42.5 Å². The molecule has 2 aromatic carbocycles. The Labute approximate surface area is 182 Å². The molecule has 1 saturated heterocycles. The zero-order valence-electron chi connectivity index (χ0n) is 17.7. The highest BCUT2D eigenvalue weighted by atomic mass is 35.5. The quantitative estimate of drug-likeness (QED) is 0.754. The van der Waals surface area contributed by atoms with E-state index < -0.39 is 0 Å². The van der Waals surface area contributed by atoms with Gasteiger partial charge in [-0.1, -0.05) is 49.7 Å². The molecule has 1 fully saturated rings. The molecular weight excluding hydrogens is 402 g/mol. The van der Waals surface area contributed by atoms with E-state index in [1.54, 1.807) is 0 Å². The predicted molar refractivity (Wildman–Crippen MR) is 120 cm³/mol. The van der Waals surface area contributed by atoms with Crippen molar-refractivity contribution in [1.29, 1.82) is 0 Å². The van der Waals surface area contributed by atoms with Crippen LogP contribution < -0.4 is 15.0 Å². The first-order valence-electron chi connectivity index (χ1n) is 10.2. The third-order valence-corrected chi connectivity index (χ3v) is 5.42. The van der Waals surface area contributed by atoms with Crippen molar-refractivity contribution in [2.24, 2.45) is 5.92 Å². The summed E-state index contributed by atoms with van der Waals surface area (Å²) in [7, 11) is 0. The second-order valence-electron chi connectivity index (χ2n) is 7.71. The van der Waals surface area contributed by atoms with Crippen LogP contribution in [0.3, 0.4) is 0 Å². The molecule has 30 heavy (non-hydrogen) atoms. The Hall–Kier alpha value is -2.73. The Kier molecular flexibility index (Phi) is 7.21. The van der Waals surface area contributed by atoms with Gasteiger partial charge in [0, 0.05) is 32.1 Å². The van der Waals surface area contributed by atoms with Crippen LogP contribution >= 0.6 is 11.6 Å². The number of carbonyl (C=O) groups is 2. The number of hydrogen-bond acceptors (Lipinski definition) is 4. The largest absolute Gasteiger partial charge is 0.483 e. The third kappa shape index (κ3) is 5.25. The standard InChI is InChI=1S/C23H28ClN3O3/c1-16(2)23(29)27-13-11-26(12-14-27)22-18(24)8-6-9-19(22)25-21(28)15-30-20-10-5-4-7-17(20)3/h4-10,16H,11-15H2,1-3H3,(H,25,28). The normalized spacial score (nSPS) is 14.0. The molecule has 0 bridgehead atoms. The number of benzene rings is 2. The second kappa shape index (κ2) is 9.85. The minimum Gasteiger partial charge on any atom is -0.483 e. The lowest BCUT2D eigenvalue weighted by Crippen LogP contribution is -2.50. The van der Waals surface area contributed by atoms with Crippen molar-refractivity contribution in [3.8, 4) is 5.75 Å². The van der Waals surface area contributed by atoms with Crippen LogP contribution in [0.2, 0.25) is 5.02 Å². The smallest absolute Gasteiger partial charge is 0.262 e. The van der Waals surface area contributed by atoms with E-state index in [0.717, 1.165) is 11.3 Å². The maximum atomic E-state index is 12.5. The summed E-state index contributed by atoms with van der Waals surface area (Å²) in [5.74, 6) is 0.580. The summed E-state index contributed by atoms with van der Waals surface area (Å²) in [5.41, 5.74) is 2.40. The van der Waals surface area contributed by atoms with E-state index >= 15 is 0 Å². The van der Waals surface area contributed by atoms with Crippen molar-refractivity contribution < 1.29 is 14.3 Å². The molecule has 2 aromatic rings. The number of hydrogen-bond donors (Lipinski definition) is 1. The molecule has 1 heterocycles. The fraction of sp³-hybridized carbons (Fsp3) is 0.391. The van der Waals surface area contributed by atoms with Crippen LogP contribution in [0.1, 0.15) is 19.4 Å². The minimum atomic E-state index is -0.254. The lowest BCUT2D eigenvalue weighted by atomic mass is 10.1. The molecule has 0 spiro atoms. The highest BCUT2D eigenvalue weighted by Crippen LogP contribution is 2.34. The first-order valence-corrected chi connectivity index (χ1v) is 10.5. The topological polar surface area (TPSA) is 61.9 Å². The molecule has 0 aliphatic carbocycles. The summed E-state index contributed by atoms with van der Waals surface area (Å²) >= 11 is 6.48. The average Bonchev–Trinajstić information content (AvgIpc) is 2.73. The number of halogens is 1. The number of rotatable bonds is 6. The monoisotopic (exact) mass is 429 g/mol. The van der Waals surface area contributed by atoms with E-state index in [1.807, 2.05) is 68.1 Å². The molecule has 1 aliphatic heterocycles. The Balaban J connectivity index is 1.66. The maximum absolute atomic E-state index is 12.5. The van der Waals surface area contributed by atoms with Gasteiger partial charge in [-0.05, 0) is 30.7 Å². The molecule has 7 heteroatoms. The highest BCUT2D eigenvalue weighted by molar-refractivity contribution is 6.34. The van der Waals surface area contributed by atoms with Crippen molar-refractivity contribution in [2.45, 2.75) is 20.8 Å². The van der Waals surface area contributed by atoms with Crippen LogP contribution in [0.25, 0.3) is 0 Å². The van der Waals surface area contributed by atoms with Crippen molar-refractivity contribution in [2.75, 3.05) is 43.0 Å². The Morgan fingerprint density at radius 2 is 1.77 bits per heavy atom. The van der Waals surface area contributed by atoms with Gasteiger partial charge in [0.1, 0.15) is 5.75 Å². The van der Waals surface area contributed by atoms with Crippen molar-refractivity contribution in [3.05, 3.63) is 53.1 Å². The van der Waals surface area contributed by atoms with E-state index in [1.165, 1.54) is 0 Å². The van der Waals surface area contributed by atoms with Crippen LogP contribution in [-0.4, -0.2) is 49.5 Å². The van der Waals surface area contributed by atoms with E-state index in [4.69, 9.17) is 16.3 Å². The zero-order valence-corrected chi connectivity index (χ0v) is 18.4. The van der Waals surface area contributed by atoms with Gasteiger partial charge in [-0.3, -0.25) is 9.59 Å². The molecule has 3 rings (SSSR count). The van der Waals surface area contributed by atoms with Gasteiger partial charge in [-0.2, -0.15) is 0 Å². The summed E-state index contributed by atoms with van der Waals surface area (Å²) < 4.78 is 5.65. The molecule has 1 aliphatic rings. The van der Waals surface area contributed by atoms with Crippen molar-refractivity contribution in [1.82, 2.24) is 4.90 Å². The number of amides is 2. The van der Waals surface area contributed by atoms with Gasteiger partial charge in [0.2, 0.25) is 5.91 Å². The SMILES string of the molecule is Cc1ccccc1OCC(=O)Nc1cccc(Cl)c1N1CCN(C(=O)C(C)C)CC1. The fourth-order valence-electron chi connectivity index (χ4n) is 3.50. The summed E-state index contributed by atoms with van der Waals surface area (Å²) in [6.07, 6.45) is 0. The summed E-state index contributed by atoms with van der Waals surface area (Å²) in [4.78, 5) is 28.7. The first-order chi connectivity index (χ1) is 14.4. The minimum absolute atomic E-state index is 0.0139. The molecule has 0 radical (unpaired) electrons. The highest BCUT2D eigenvalue weighted by Gasteiger charge is 2.25. The van der Waals surface area contributed by atoms with E-state index in [2.05, 4.69) is 10.2 Å². The fourth-order valence-corrected chi connectivity index (χ4v) is 3.80. The number of piperazine rings is 1. The Morgan fingerprint density at radius 1 is 1.07 bits per heavy atom. The van der Waals surface area contributed by atoms with Crippen LogP contribution in [-0.2, 0) is 9.59 Å². The molecule has 6 nitrogen and oxygen atoms in total. The Bertz CT molecular complexity index is 908. The van der Waals surface area contributed by atoms with E-state index in [0.29, 0.717) is 42.6 Å². The van der Waals surface area contributed by atoms with Crippen LogP contribution in [0.4, 0.5) is 11.4 Å². The van der Waals surface area contributed by atoms with Gasteiger partial charge in [0.15, 0.2) is 6.61 Å². The molecular formula is C23H28ClN3O3. The first kappa shape index (κ1) is 22.0. The lowest BCUT2D eigenvalue weighted by molar-refractivity contribution is -0.134. The number of nitrogens with one attached hydrogen (secondary N) is 1. The summed E-state index contributed by atoms with van der Waals surface area (Å²) in [5, 5.41) is 3.49. The van der Waals surface area contributed by atoms with Crippen LogP contribution in [0.5, 0.6) is 5.75 Å². The molecule has 1 N–H and O–H groups in total. The van der Waals surface area contributed by atoms with Gasteiger partial charge in [-0.25, -0.2) is 0 Å². The second-order valence-corrected chi connectivity index (χ2v) is 8.11. The number of ether oxygens (including phenoxy) is 1. The molecule has 2 amide bonds. The number of carbonyl (C=O) groups excluding carboxylic acids is 2. The maximum Gasteiger partial charge on any atom is 0.262 e. The average molecular weight is 430 g/mol. The van der Waals surface area contributed by atoms with Crippen molar-refractivity contribution in [3.63, 3.8) is 0 Å². The van der Waals surface area contributed by atoms with Crippen molar-refractivity contribution >= 4 is 34.8 Å². The third-order valence-electron chi connectivity index (χ3n) is 5.11. The molecule has 0 atom stereocenters. The van der Waals surface area contributed by atoms with Crippen LogP contribution in [0, 0.1) is 12.8 Å². The van der Waals surface area contributed by atoms with Gasteiger partial charge in [0.05, 0.1) is 16.4 Å². The van der Waals surface area contributed by atoms with Gasteiger partial charge < -0.3 is 19.9 Å². The molecule has 0 unspecified atom stereocenters. The summed E-state index contributed by atoms with van der Waals surface area (Å²) in [6.45, 7) is 8.25. The van der Waals surface area contributed by atoms with E-state index in [9.17, 15) is 9.59 Å². The Morgan fingerprint density at radius 3 is 2.43 bits per heavy atom. The lowest BCUT2D eigenvalue weighted by Gasteiger charge is -2.38. The van der Waals surface area contributed by atoms with E-state index in [-0.39, 0.29) is 24.3 Å². The molecule has 0 saturated carbocycles.